The molecule has 1 aromatic rings. The minimum absolute atomic E-state index is 0.161. The Balaban J connectivity index is 1.82. The van der Waals surface area contributed by atoms with Crippen LogP contribution in [0.2, 0.25) is 0 Å². The third-order valence-electron chi connectivity index (χ3n) is 2.89. The minimum Gasteiger partial charge on any atom is -0.490 e. The average Bonchev–Trinajstić information content (AvgIpc) is 2.26. The molecule has 0 aliphatic heterocycles. The summed E-state index contributed by atoms with van der Waals surface area (Å²) in [6.07, 6.45) is 2.47. The zero-order chi connectivity index (χ0) is 11.4. The SMILES string of the molecule is COCCc1ccc(OC2CC(O)C2)cc1. The normalized spacial score (nSPS) is 23.9. The number of hydrogen-bond donors (Lipinski definition) is 1. The van der Waals surface area contributed by atoms with E-state index in [1.165, 1.54) is 5.56 Å². The van der Waals surface area contributed by atoms with Gasteiger partial charge < -0.3 is 14.6 Å². The Bertz CT molecular complexity index is 314. The van der Waals surface area contributed by atoms with Crippen LogP contribution >= 0.6 is 0 Å². The van der Waals surface area contributed by atoms with E-state index >= 15 is 0 Å². The Morgan fingerprint density at radius 2 is 1.94 bits per heavy atom. The first-order chi connectivity index (χ1) is 7.78. The van der Waals surface area contributed by atoms with Gasteiger partial charge in [0, 0.05) is 20.0 Å². The molecule has 0 amide bonds. The maximum atomic E-state index is 9.14. The van der Waals surface area contributed by atoms with Crippen LogP contribution in [0.15, 0.2) is 24.3 Å². The summed E-state index contributed by atoms with van der Waals surface area (Å²) < 4.78 is 10.7. The van der Waals surface area contributed by atoms with Crippen molar-refractivity contribution in [3.05, 3.63) is 29.8 Å². The smallest absolute Gasteiger partial charge is 0.119 e. The lowest BCUT2D eigenvalue weighted by Crippen LogP contribution is -2.37. The molecule has 1 aromatic carbocycles. The Labute approximate surface area is 96.0 Å². The molecule has 0 radical (unpaired) electrons. The fourth-order valence-electron chi connectivity index (χ4n) is 1.78. The van der Waals surface area contributed by atoms with Crippen molar-refractivity contribution in [3.8, 4) is 5.75 Å². The van der Waals surface area contributed by atoms with Crippen LogP contribution in [0.25, 0.3) is 0 Å². The number of benzene rings is 1. The van der Waals surface area contributed by atoms with Gasteiger partial charge in [0.1, 0.15) is 11.9 Å². The number of rotatable bonds is 5. The average molecular weight is 222 g/mol. The lowest BCUT2D eigenvalue weighted by molar-refractivity contribution is -0.0107. The Kier molecular flexibility index (Phi) is 3.80. The van der Waals surface area contributed by atoms with Crippen molar-refractivity contribution < 1.29 is 14.6 Å². The van der Waals surface area contributed by atoms with Gasteiger partial charge in [-0.25, -0.2) is 0 Å². The summed E-state index contributed by atoms with van der Waals surface area (Å²) in [6.45, 7) is 0.745. The van der Waals surface area contributed by atoms with Gasteiger partial charge in [0.2, 0.25) is 0 Å². The topological polar surface area (TPSA) is 38.7 Å². The van der Waals surface area contributed by atoms with Crippen LogP contribution in [0.1, 0.15) is 18.4 Å². The zero-order valence-corrected chi connectivity index (χ0v) is 9.56. The van der Waals surface area contributed by atoms with Crippen molar-refractivity contribution in [2.24, 2.45) is 0 Å². The van der Waals surface area contributed by atoms with Gasteiger partial charge in [-0.3, -0.25) is 0 Å². The van der Waals surface area contributed by atoms with E-state index in [0.29, 0.717) is 0 Å². The maximum absolute atomic E-state index is 9.14. The molecule has 0 spiro atoms. The molecule has 1 fully saturated rings. The van der Waals surface area contributed by atoms with Crippen LogP contribution in [-0.4, -0.2) is 31.0 Å². The van der Waals surface area contributed by atoms with Gasteiger partial charge in [-0.1, -0.05) is 12.1 Å². The van der Waals surface area contributed by atoms with Gasteiger partial charge in [-0.05, 0) is 24.1 Å². The first kappa shape index (κ1) is 11.4. The number of aliphatic hydroxyl groups excluding tert-OH is 1. The van der Waals surface area contributed by atoms with E-state index in [9.17, 15) is 0 Å². The summed E-state index contributed by atoms with van der Waals surface area (Å²) in [7, 11) is 1.71. The van der Waals surface area contributed by atoms with Crippen molar-refractivity contribution >= 4 is 0 Å². The molecule has 0 aromatic heterocycles. The summed E-state index contributed by atoms with van der Waals surface area (Å²) in [5, 5.41) is 9.14. The van der Waals surface area contributed by atoms with Gasteiger partial charge >= 0.3 is 0 Å². The monoisotopic (exact) mass is 222 g/mol. The number of aliphatic hydroxyl groups is 1. The molecule has 0 heterocycles. The van der Waals surface area contributed by atoms with E-state index in [4.69, 9.17) is 14.6 Å². The summed E-state index contributed by atoms with van der Waals surface area (Å²) in [4.78, 5) is 0. The molecule has 3 nitrogen and oxygen atoms in total. The largest absolute Gasteiger partial charge is 0.490 e. The van der Waals surface area contributed by atoms with Gasteiger partial charge in [-0.15, -0.1) is 0 Å². The van der Waals surface area contributed by atoms with E-state index in [1.807, 2.05) is 12.1 Å². The molecule has 1 N–H and O–H groups in total. The summed E-state index contributed by atoms with van der Waals surface area (Å²) in [6, 6.07) is 8.08. The third kappa shape index (κ3) is 2.97. The molecular formula is C13H18O3. The highest BCUT2D eigenvalue weighted by molar-refractivity contribution is 5.27. The standard InChI is InChI=1S/C13H18O3/c1-15-7-6-10-2-4-12(5-3-10)16-13-8-11(14)9-13/h2-5,11,13-14H,6-9H2,1H3. The first-order valence-electron chi connectivity index (χ1n) is 5.70. The maximum Gasteiger partial charge on any atom is 0.119 e. The third-order valence-corrected chi connectivity index (χ3v) is 2.89. The second-order valence-electron chi connectivity index (χ2n) is 4.25. The molecule has 1 saturated carbocycles. The van der Waals surface area contributed by atoms with Crippen molar-refractivity contribution in [2.45, 2.75) is 31.5 Å². The molecule has 1 aliphatic carbocycles. The molecule has 16 heavy (non-hydrogen) atoms. The lowest BCUT2D eigenvalue weighted by Gasteiger charge is -2.31. The highest BCUT2D eigenvalue weighted by Crippen LogP contribution is 2.25. The molecular weight excluding hydrogens is 204 g/mol. The van der Waals surface area contributed by atoms with Crippen LogP contribution in [0.3, 0.4) is 0 Å². The highest BCUT2D eigenvalue weighted by Gasteiger charge is 2.28. The van der Waals surface area contributed by atoms with Crippen molar-refractivity contribution in [1.82, 2.24) is 0 Å². The van der Waals surface area contributed by atoms with E-state index < -0.39 is 0 Å². The van der Waals surface area contributed by atoms with E-state index in [2.05, 4.69) is 12.1 Å². The number of ether oxygens (including phenoxy) is 2. The van der Waals surface area contributed by atoms with E-state index in [0.717, 1.165) is 31.6 Å². The molecule has 0 unspecified atom stereocenters. The zero-order valence-electron chi connectivity index (χ0n) is 9.56. The second kappa shape index (κ2) is 5.32. The summed E-state index contributed by atoms with van der Waals surface area (Å²) in [5.74, 6) is 0.887. The van der Waals surface area contributed by atoms with Crippen LogP contribution in [-0.2, 0) is 11.2 Å². The van der Waals surface area contributed by atoms with Crippen LogP contribution in [0.5, 0.6) is 5.75 Å². The Morgan fingerprint density at radius 1 is 1.25 bits per heavy atom. The summed E-state index contributed by atoms with van der Waals surface area (Å²) >= 11 is 0. The van der Waals surface area contributed by atoms with Crippen LogP contribution in [0, 0.1) is 0 Å². The predicted octanol–water partition coefficient (Wildman–Crippen LogP) is 1.78. The van der Waals surface area contributed by atoms with Crippen LogP contribution in [0.4, 0.5) is 0 Å². The quantitative estimate of drug-likeness (QED) is 0.825. The van der Waals surface area contributed by atoms with Gasteiger partial charge in [0.25, 0.3) is 0 Å². The van der Waals surface area contributed by atoms with E-state index in [-0.39, 0.29) is 12.2 Å². The van der Waals surface area contributed by atoms with Gasteiger partial charge in [0.15, 0.2) is 0 Å². The molecule has 1 aliphatic rings. The first-order valence-corrected chi connectivity index (χ1v) is 5.70. The van der Waals surface area contributed by atoms with Gasteiger partial charge in [-0.2, -0.15) is 0 Å². The molecule has 2 rings (SSSR count). The summed E-state index contributed by atoms with van der Waals surface area (Å²) in [5.41, 5.74) is 1.25. The molecule has 3 heteroatoms. The molecule has 0 atom stereocenters. The molecule has 0 bridgehead atoms. The highest BCUT2D eigenvalue weighted by atomic mass is 16.5. The minimum atomic E-state index is -0.161. The molecule has 88 valence electrons. The van der Waals surface area contributed by atoms with Crippen molar-refractivity contribution in [2.75, 3.05) is 13.7 Å². The van der Waals surface area contributed by atoms with Crippen LogP contribution < -0.4 is 4.74 Å². The Morgan fingerprint density at radius 3 is 2.50 bits per heavy atom. The fourth-order valence-corrected chi connectivity index (χ4v) is 1.78. The Hall–Kier alpha value is -1.06. The van der Waals surface area contributed by atoms with Gasteiger partial charge in [0.05, 0.1) is 12.7 Å². The second-order valence-corrected chi connectivity index (χ2v) is 4.25. The lowest BCUT2D eigenvalue weighted by atomic mass is 9.92. The number of methoxy groups -OCH3 is 1. The van der Waals surface area contributed by atoms with E-state index in [1.54, 1.807) is 7.11 Å². The fraction of sp³-hybridized carbons (Fsp3) is 0.538. The predicted molar refractivity (Wildman–Crippen MR) is 61.7 cm³/mol. The number of hydrogen-bond acceptors (Lipinski definition) is 3. The molecule has 0 saturated heterocycles. The van der Waals surface area contributed by atoms with Crippen molar-refractivity contribution in [1.29, 1.82) is 0 Å². The van der Waals surface area contributed by atoms with Crippen molar-refractivity contribution in [3.63, 3.8) is 0 Å².